The fourth-order valence-corrected chi connectivity index (χ4v) is 5.34. The Kier molecular flexibility index (Phi) is 4.35. The van der Waals surface area contributed by atoms with Gasteiger partial charge in [-0.2, -0.15) is 0 Å². The van der Waals surface area contributed by atoms with E-state index in [0.29, 0.717) is 46.7 Å². The second kappa shape index (κ2) is 6.79. The SMILES string of the molecule is COc1cccc(C(=O)[C@H]2C3=C(CC(C)(C)CC3=O)O[C@]23C(=O)N(C)c2ccccc23)c1. The van der Waals surface area contributed by atoms with Crippen molar-refractivity contribution in [1.29, 1.82) is 0 Å². The number of amides is 1. The van der Waals surface area contributed by atoms with Crippen LogP contribution in [-0.4, -0.2) is 31.6 Å². The molecule has 5 rings (SSSR count). The number of carbonyl (C=O) groups is 3. The van der Waals surface area contributed by atoms with E-state index in [-0.39, 0.29) is 22.9 Å². The number of rotatable bonds is 3. The van der Waals surface area contributed by atoms with Crippen LogP contribution in [-0.2, 0) is 19.9 Å². The number of benzene rings is 2. The van der Waals surface area contributed by atoms with E-state index in [1.165, 1.54) is 12.0 Å². The summed E-state index contributed by atoms with van der Waals surface area (Å²) >= 11 is 0. The number of likely N-dealkylation sites (N-methyl/N-ethyl adjacent to an activating group) is 1. The van der Waals surface area contributed by atoms with E-state index < -0.39 is 11.5 Å². The second-order valence-corrected chi connectivity index (χ2v) is 9.53. The van der Waals surface area contributed by atoms with Crippen LogP contribution in [0.1, 0.15) is 42.6 Å². The molecular formula is C26H25NO5. The first-order valence-corrected chi connectivity index (χ1v) is 10.7. The van der Waals surface area contributed by atoms with E-state index in [2.05, 4.69) is 0 Å². The number of hydrogen-bond donors (Lipinski definition) is 0. The van der Waals surface area contributed by atoms with Crippen molar-refractivity contribution in [2.45, 2.75) is 32.3 Å². The molecule has 0 unspecified atom stereocenters. The normalized spacial score (nSPS) is 25.6. The minimum Gasteiger partial charge on any atom is -0.497 e. The molecule has 2 atom stereocenters. The van der Waals surface area contributed by atoms with E-state index in [1.807, 2.05) is 38.1 Å². The molecule has 1 aliphatic carbocycles. The van der Waals surface area contributed by atoms with Crippen LogP contribution in [0.2, 0.25) is 0 Å². The number of ether oxygens (including phenoxy) is 2. The molecule has 0 N–H and O–H groups in total. The van der Waals surface area contributed by atoms with Crippen LogP contribution in [0.25, 0.3) is 0 Å². The molecule has 1 spiro atoms. The van der Waals surface area contributed by atoms with Crippen LogP contribution in [0.3, 0.4) is 0 Å². The molecule has 0 saturated heterocycles. The molecule has 32 heavy (non-hydrogen) atoms. The number of anilines is 1. The number of ketones is 2. The van der Waals surface area contributed by atoms with Crippen molar-refractivity contribution in [3.05, 3.63) is 71.0 Å². The highest BCUT2D eigenvalue weighted by Gasteiger charge is 2.66. The third-order valence-corrected chi connectivity index (χ3v) is 6.76. The Morgan fingerprint density at radius 3 is 2.59 bits per heavy atom. The summed E-state index contributed by atoms with van der Waals surface area (Å²) in [4.78, 5) is 42.6. The summed E-state index contributed by atoms with van der Waals surface area (Å²) in [5.41, 5.74) is 0.144. The van der Waals surface area contributed by atoms with Crippen LogP contribution in [0.15, 0.2) is 59.9 Å². The Morgan fingerprint density at radius 2 is 1.84 bits per heavy atom. The average molecular weight is 431 g/mol. The lowest BCUT2D eigenvalue weighted by Crippen LogP contribution is -2.47. The van der Waals surface area contributed by atoms with Crippen LogP contribution in [0, 0.1) is 11.3 Å². The molecule has 0 bridgehead atoms. The van der Waals surface area contributed by atoms with Crippen molar-refractivity contribution in [1.82, 2.24) is 0 Å². The fraction of sp³-hybridized carbons (Fsp3) is 0.346. The van der Waals surface area contributed by atoms with Gasteiger partial charge in [-0.15, -0.1) is 0 Å². The van der Waals surface area contributed by atoms with Crippen LogP contribution >= 0.6 is 0 Å². The van der Waals surface area contributed by atoms with E-state index in [4.69, 9.17) is 9.47 Å². The first-order valence-electron chi connectivity index (χ1n) is 10.7. The summed E-state index contributed by atoms with van der Waals surface area (Å²) < 4.78 is 11.8. The van der Waals surface area contributed by atoms with Crippen molar-refractivity contribution in [2.75, 3.05) is 19.1 Å². The maximum Gasteiger partial charge on any atom is 0.276 e. The Balaban J connectivity index is 1.74. The molecule has 0 aromatic heterocycles. The van der Waals surface area contributed by atoms with Crippen molar-refractivity contribution in [3.63, 3.8) is 0 Å². The van der Waals surface area contributed by atoms with Gasteiger partial charge in [-0.3, -0.25) is 14.4 Å². The number of methoxy groups -OCH3 is 1. The van der Waals surface area contributed by atoms with E-state index in [9.17, 15) is 14.4 Å². The molecule has 2 heterocycles. The molecule has 2 aromatic rings. The zero-order valence-corrected chi connectivity index (χ0v) is 18.6. The highest BCUT2D eigenvalue weighted by Crippen LogP contribution is 2.58. The molecular weight excluding hydrogens is 406 g/mol. The summed E-state index contributed by atoms with van der Waals surface area (Å²) in [7, 11) is 3.21. The molecule has 1 amide bonds. The Labute approximate surface area is 186 Å². The molecule has 164 valence electrons. The number of Topliss-reactive ketones (excluding diaryl/α,β-unsaturated/α-hetero) is 2. The minimum absolute atomic E-state index is 0.130. The summed E-state index contributed by atoms with van der Waals surface area (Å²) in [6.07, 6.45) is 0.801. The van der Waals surface area contributed by atoms with Crippen molar-refractivity contribution in [2.24, 2.45) is 11.3 Å². The van der Waals surface area contributed by atoms with Gasteiger partial charge in [-0.25, -0.2) is 0 Å². The molecule has 3 aliphatic rings. The third-order valence-electron chi connectivity index (χ3n) is 6.76. The largest absolute Gasteiger partial charge is 0.497 e. The first kappa shape index (κ1) is 20.5. The first-order chi connectivity index (χ1) is 15.2. The maximum atomic E-state index is 14.0. The summed E-state index contributed by atoms with van der Waals surface area (Å²) in [5.74, 6) is -0.836. The van der Waals surface area contributed by atoms with E-state index in [1.54, 1.807) is 31.3 Å². The van der Waals surface area contributed by atoms with Gasteiger partial charge in [0.15, 0.2) is 11.6 Å². The lowest BCUT2D eigenvalue weighted by atomic mass is 9.69. The topological polar surface area (TPSA) is 72.9 Å². The van der Waals surface area contributed by atoms with Gasteiger partial charge in [0.05, 0.1) is 12.8 Å². The standard InChI is InChI=1S/C26H25NO5/c1-25(2)13-19(28)21-20(14-25)32-26(17-10-5-6-11-18(17)27(3)24(26)30)22(21)23(29)15-8-7-9-16(12-15)31-4/h5-12,22H,13-14H2,1-4H3/t22-,26+/m1/s1. The number of carbonyl (C=O) groups excluding carboxylic acids is 3. The maximum absolute atomic E-state index is 14.0. The Hall–Kier alpha value is -3.41. The van der Waals surface area contributed by atoms with Crippen LogP contribution < -0.4 is 9.64 Å². The number of para-hydroxylation sites is 1. The molecule has 0 fully saturated rings. The van der Waals surface area contributed by atoms with Gasteiger partial charge in [0.25, 0.3) is 5.91 Å². The van der Waals surface area contributed by atoms with Crippen LogP contribution in [0.4, 0.5) is 5.69 Å². The Morgan fingerprint density at radius 1 is 1.09 bits per heavy atom. The highest BCUT2D eigenvalue weighted by atomic mass is 16.5. The minimum atomic E-state index is -1.58. The van der Waals surface area contributed by atoms with Gasteiger partial charge in [0.1, 0.15) is 17.4 Å². The van der Waals surface area contributed by atoms with Gasteiger partial charge >= 0.3 is 0 Å². The third kappa shape index (κ3) is 2.68. The second-order valence-electron chi connectivity index (χ2n) is 9.53. The molecule has 0 radical (unpaired) electrons. The van der Waals surface area contributed by atoms with Gasteiger partial charge in [-0.05, 0) is 23.6 Å². The summed E-state index contributed by atoms with van der Waals surface area (Å²) in [5, 5.41) is 0. The zero-order valence-electron chi connectivity index (χ0n) is 18.6. The van der Waals surface area contributed by atoms with Gasteiger partial charge in [0.2, 0.25) is 5.60 Å². The highest BCUT2D eigenvalue weighted by molar-refractivity contribution is 6.17. The predicted octanol–water partition coefficient (Wildman–Crippen LogP) is 4.04. The molecule has 6 nitrogen and oxygen atoms in total. The van der Waals surface area contributed by atoms with E-state index >= 15 is 0 Å². The number of nitrogens with zero attached hydrogens (tertiary/aromatic N) is 1. The van der Waals surface area contributed by atoms with Gasteiger partial charge < -0.3 is 14.4 Å². The van der Waals surface area contributed by atoms with Gasteiger partial charge in [-0.1, -0.05) is 44.2 Å². The summed E-state index contributed by atoms with van der Waals surface area (Å²) in [6.45, 7) is 4.00. The number of hydrogen-bond acceptors (Lipinski definition) is 5. The average Bonchev–Trinajstić information content (AvgIpc) is 3.21. The molecule has 0 saturated carbocycles. The predicted molar refractivity (Wildman–Crippen MR) is 118 cm³/mol. The Bertz CT molecular complexity index is 1210. The van der Waals surface area contributed by atoms with Crippen molar-refractivity contribution in [3.8, 4) is 5.75 Å². The quantitative estimate of drug-likeness (QED) is 0.686. The lowest BCUT2D eigenvalue weighted by Gasteiger charge is -2.30. The number of fused-ring (bicyclic) bond motifs is 2. The van der Waals surface area contributed by atoms with Crippen LogP contribution in [0.5, 0.6) is 5.75 Å². The zero-order chi connectivity index (χ0) is 22.8. The number of allylic oxidation sites excluding steroid dienone is 1. The smallest absolute Gasteiger partial charge is 0.276 e. The fourth-order valence-electron chi connectivity index (χ4n) is 5.34. The molecule has 2 aromatic carbocycles. The van der Waals surface area contributed by atoms with Crippen molar-refractivity contribution < 1.29 is 23.9 Å². The van der Waals surface area contributed by atoms with Gasteiger partial charge in [0, 0.05) is 36.6 Å². The monoisotopic (exact) mass is 431 g/mol. The molecule has 6 heteroatoms. The molecule has 2 aliphatic heterocycles. The van der Waals surface area contributed by atoms with E-state index in [0.717, 1.165) is 0 Å². The van der Waals surface area contributed by atoms with Crippen molar-refractivity contribution >= 4 is 23.2 Å². The lowest BCUT2D eigenvalue weighted by molar-refractivity contribution is -0.139. The summed E-state index contributed by atoms with van der Waals surface area (Å²) in [6, 6.07) is 14.1.